The summed E-state index contributed by atoms with van der Waals surface area (Å²) in [5.74, 6) is 0. The van der Waals surface area contributed by atoms with Gasteiger partial charge in [-0.05, 0) is 50.0 Å². The van der Waals surface area contributed by atoms with Crippen molar-refractivity contribution < 1.29 is 0 Å². The topological polar surface area (TPSA) is 12.0 Å². The van der Waals surface area contributed by atoms with E-state index in [9.17, 15) is 0 Å². The van der Waals surface area contributed by atoms with Gasteiger partial charge in [0.25, 0.3) is 0 Å². The van der Waals surface area contributed by atoms with Crippen molar-refractivity contribution in [1.82, 2.24) is 5.32 Å². The molecule has 0 atom stereocenters. The van der Waals surface area contributed by atoms with Gasteiger partial charge in [-0.15, -0.1) is 0 Å². The number of rotatable bonds is 6. The van der Waals surface area contributed by atoms with Crippen LogP contribution in [-0.2, 0) is 6.42 Å². The molecule has 0 spiro atoms. The Morgan fingerprint density at radius 2 is 2.00 bits per heavy atom. The second-order valence-corrected chi connectivity index (χ2v) is 4.43. The maximum Gasteiger partial charge on any atom is 0.0452 e. The molecule has 0 saturated heterocycles. The van der Waals surface area contributed by atoms with Crippen molar-refractivity contribution in [2.24, 2.45) is 0 Å². The molecule has 0 fully saturated rings. The molecule has 0 radical (unpaired) electrons. The van der Waals surface area contributed by atoms with Gasteiger partial charge < -0.3 is 5.32 Å². The normalized spacial score (nSPS) is 10.6. The minimum atomic E-state index is 0.702. The van der Waals surface area contributed by atoms with Gasteiger partial charge >= 0.3 is 0 Å². The molecule has 1 aromatic carbocycles. The summed E-state index contributed by atoms with van der Waals surface area (Å²) in [4.78, 5) is 0. The van der Waals surface area contributed by atoms with Crippen molar-refractivity contribution in [3.05, 3.63) is 33.8 Å². The van der Waals surface area contributed by atoms with Gasteiger partial charge in [-0.3, -0.25) is 0 Å². The SMILES string of the molecule is CCCNCCCc1ccc(Cl)cc1Cl. The summed E-state index contributed by atoms with van der Waals surface area (Å²) in [5, 5.41) is 4.84. The lowest BCUT2D eigenvalue weighted by Crippen LogP contribution is -2.16. The highest BCUT2D eigenvalue weighted by Gasteiger charge is 2.00. The number of aryl methyl sites for hydroxylation is 1. The van der Waals surface area contributed by atoms with Crippen molar-refractivity contribution in [2.45, 2.75) is 26.2 Å². The molecule has 0 aliphatic heterocycles. The Balaban J connectivity index is 2.31. The van der Waals surface area contributed by atoms with Gasteiger partial charge in [0, 0.05) is 10.0 Å². The predicted molar refractivity (Wildman–Crippen MR) is 67.9 cm³/mol. The number of halogens is 2. The van der Waals surface area contributed by atoms with Gasteiger partial charge in [-0.25, -0.2) is 0 Å². The molecule has 1 aromatic rings. The fourth-order valence-electron chi connectivity index (χ4n) is 1.43. The Labute approximate surface area is 102 Å². The highest BCUT2D eigenvalue weighted by molar-refractivity contribution is 6.35. The molecular formula is C12H17Cl2N. The van der Waals surface area contributed by atoms with E-state index in [0.29, 0.717) is 5.02 Å². The van der Waals surface area contributed by atoms with Gasteiger partial charge in [0.2, 0.25) is 0 Å². The summed E-state index contributed by atoms with van der Waals surface area (Å²) in [7, 11) is 0. The lowest BCUT2D eigenvalue weighted by molar-refractivity contribution is 0.640. The highest BCUT2D eigenvalue weighted by atomic mass is 35.5. The number of hydrogen-bond acceptors (Lipinski definition) is 1. The quantitative estimate of drug-likeness (QED) is 0.750. The Bertz CT molecular complexity index is 300. The van der Waals surface area contributed by atoms with E-state index in [0.717, 1.165) is 31.0 Å². The van der Waals surface area contributed by atoms with Gasteiger partial charge in [-0.1, -0.05) is 36.2 Å². The average Bonchev–Trinajstić information content (AvgIpc) is 2.20. The van der Waals surface area contributed by atoms with E-state index < -0.39 is 0 Å². The zero-order valence-electron chi connectivity index (χ0n) is 9.02. The third-order valence-corrected chi connectivity index (χ3v) is 2.83. The number of nitrogens with one attached hydrogen (secondary N) is 1. The van der Waals surface area contributed by atoms with Crippen molar-refractivity contribution in [2.75, 3.05) is 13.1 Å². The van der Waals surface area contributed by atoms with Gasteiger partial charge in [0.05, 0.1) is 0 Å². The third-order valence-electron chi connectivity index (χ3n) is 2.24. The molecule has 0 bridgehead atoms. The summed E-state index contributed by atoms with van der Waals surface area (Å²) in [6.45, 7) is 4.31. The van der Waals surface area contributed by atoms with Crippen LogP contribution < -0.4 is 5.32 Å². The second kappa shape index (κ2) is 7.10. The molecule has 3 heteroatoms. The van der Waals surface area contributed by atoms with Crippen LogP contribution in [0.15, 0.2) is 18.2 Å². The molecule has 15 heavy (non-hydrogen) atoms. The van der Waals surface area contributed by atoms with Crippen LogP contribution in [0.25, 0.3) is 0 Å². The van der Waals surface area contributed by atoms with Crippen molar-refractivity contribution >= 4 is 23.2 Å². The van der Waals surface area contributed by atoms with E-state index in [1.165, 1.54) is 12.0 Å². The van der Waals surface area contributed by atoms with Gasteiger partial charge in [0.15, 0.2) is 0 Å². The largest absolute Gasteiger partial charge is 0.317 e. The third kappa shape index (κ3) is 4.87. The van der Waals surface area contributed by atoms with Crippen LogP contribution in [0.4, 0.5) is 0 Å². The zero-order chi connectivity index (χ0) is 11.1. The van der Waals surface area contributed by atoms with E-state index in [-0.39, 0.29) is 0 Å². The van der Waals surface area contributed by atoms with Crippen molar-refractivity contribution in [1.29, 1.82) is 0 Å². The minimum absolute atomic E-state index is 0.702. The Hall–Kier alpha value is -0.240. The molecule has 0 aromatic heterocycles. The van der Waals surface area contributed by atoms with Crippen LogP contribution in [0.2, 0.25) is 10.0 Å². The number of hydrogen-bond donors (Lipinski definition) is 1. The van der Waals surface area contributed by atoms with E-state index in [1.54, 1.807) is 6.07 Å². The summed E-state index contributed by atoms with van der Waals surface area (Å²) < 4.78 is 0. The van der Waals surface area contributed by atoms with Crippen molar-refractivity contribution in [3.8, 4) is 0 Å². The fourth-order valence-corrected chi connectivity index (χ4v) is 1.93. The van der Waals surface area contributed by atoms with Gasteiger partial charge in [-0.2, -0.15) is 0 Å². The molecule has 1 N–H and O–H groups in total. The first kappa shape index (κ1) is 12.8. The molecular weight excluding hydrogens is 229 g/mol. The maximum atomic E-state index is 6.06. The molecule has 0 aliphatic rings. The molecule has 0 aliphatic carbocycles. The molecule has 84 valence electrons. The van der Waals surface area contributed by atoms with Crippen LogP contribution in [0.5, 0.6) is 0 Å². The van der Waals surface area contributed by atoms with E-state index in [4.69, 9.17) is 23.2 Å². The van der Waals surface area contributed by atoms with Crippen LogP contribution in [0.1, 0.15) is 25.3 Å². The second-order valence-electron chi connectivity index (χ2n) is 3.59. The number of benzene rings is 1. The van der Waals surface area contributed by atoms with Crippen molar-refractivity contribution in [3.63, 3.8) is 0 Å². The predicted octanol–water partition coefficient (Wildman–Crippen LogP) is 3.93. The zero-order valence-corrected chi connectivity index (χ0v) is 10.5. The Morgan fingerprint density at radius 3 is 2.67 bits per heavy atom. The lowest BCUT2D eigenvalue weighted by Gasteiger charge is -2.05. The lowest BCUT2D eigenvalue weighted by atomic mass is 10.1. The Kier molecular flexibility index (Phi) is 6.07. The highest BCUT2D eigenvalue weighted by Crippen LogP contribution is 2.21. The van der Waals surface area contributed by atoms with Crippen LogP contribution in [-0.4, -0.2) is 13.1 Å². The van der Waals surface area contributed by atoms with Gasteiger partial charge in [0.1, 0.15) is 0 Å². The monoisotopic (exact) mass is 245 g/mol. The van der Waals surface area contributed by atoms with E-state index >= 15 is 0 Å². The average molecular weight is 246 g/mol. The summed E-state index contributed by atoms with van der Waals surface area (Å²) >= 11 is 11.9. The van der Waals surface area contributed by atoms with E-state index in [1.807, 2.05) is 12.1 Å². The van der Waals surface area contributed by atoms with Crippen LogP contribution in [0.3, 0.4) is 0 Å². The smallest absolute Gasteiger partial charge is 0.0452 e. The molecule has 1 nitrogen and oxygen atoms in total. The molecule has 0 saturated carbocycles. The summed E-state index contributed by atoms with van der Waals surface area (Å²) in [6, 6.07) is 5.70. The summed E-state index contributed by atoms with van der Waals surface area (Å²) in [6.07, 6.45) is 3.30. The summed E-state index contributed by atoms with van der Waals surface area (Å²) in [5.41, 5.74) is 1.18. The first-order valence-electron chi connectivity index (χ1n) is 5.38. The molecule has 1 rings (SSSR count). The minimum Gasteiger partial charge on any atom is -0.317 e. The first-order valence-corrected chi connectivity index (χ1v) is 6.14. The molecule has 0 unspecified atom stereocenters. The Morgan fingerprint density at radius 1 is 1.20 bits per heavy atom. The first-order chi connectivity index (χ1) is 7.24. The van der Waals surface area contributed by atoms with Crippen LogP contribution >= 0.6 is 23.2 Å². The fraction of sp³-hybridized carbons (Fsp3) is 0.500. The van der Waals surface area contributed by atoms with Crippen LogP contribution in [0, 0.1) is 0 Å². The van der Waals surface area contributed by atoms with E-state index in [2.05, 4.69) is 12.2 Å². The molecule has 0 heterocycles. The molecule has 0 amide bonds. The standard InChI is InChI=1S/C12H17Cl2N/c1-2-7-15-8-3-4-10-5-6-11(13)9-12(10)14/h5-6,9,15H,2-4,7-8H2,1H3. The maximum absolute atomic E-state index is 6.06.